The maximum atomic E-state index is 14.3. The van der Waals surface area contributed by atoms with Crippen LogP contribution in [0.3, 0.4) is 0 Å². The molecular formula is C35H38N2O4. The van der Waals surface area contributed by atoms with Crippen LogP contribution < -0.4 is 10.2 Å². The molecule has 3 aromatic carbocycles. The molecule has 5 rings (SSSR count). The third-order valence-electron chi connectivity index (χ3n) is 9.09. The van der Waals surface area contributed by atoms with E-state index >= 15 is 0 Å². The summed E-state index contributed by atoms with van der Waals surface area (Å²) in [5.74, 6) is -4.06. The van der Waals surface area contributed by atoms with Gasteiger partial charge in [-0.05, 0) is 46.6 Å². The average molecular weight is 551 g/mol. The summed E-state index contributed by atoms with van der Waals surface area (Å²) in [4.78, 5) is 43.1. The van der Waals surface area contributed by atoms with Gasteiger partial charge < -0.3 is 5.11 Å². The van der Waals surface area contributed by atoms with E-state index in [1.165, 1.54) is 4.90 Å². The molecule has 5 unspecified atom stereocenters. The van der Waals surface area contributed by atoms with E-state index in [-0.39, 0.29) is 11.8 Å². The van der Waals surface area contributed by atoms with Crippen molar-refractivity contribution in [2.75, 3.05) is 4.90 Å². The first kappa shape index (κ1) is 28.5. The Hall–Kier alpha value is -4.03. The predicted octanol–water partition coefficient (Wildman–Crippen LogP) is 6.30. The highest BCUT2D eigenvalue weighted by molar-refractivity contribution is 6.25. The Morgan fingerprint density at radius 3 is 2.00 bits per heavy atom. The normalized spacial score (nSPS) is 24.7. The number of carboxylic acids is 1. The number of anilines is 1. The molecule has 2 amide bonds. The molecule has 212 valence electrons. The summed E-state index contributed by atoms with van der Waals surface area (Å²) >= 11 is 0. The first-order valence-electron chi connectivity index (χ1n) is 14.6. The number of nitrogens with one attached hydrogen (secondary N) is 1. The van der Waals surface area contributed by atoms with Crippen LogP contribution in [0.4, 0.5) is 5.69 Å². The third kappa shape index (κ3) is 4.70. The molecule has 6 heteroatoms. The van der Waals surface area contributed by atoms with E-state index in [0.29, 0.717) is 24.9 Å². The smallest absolute Gasteiger partial charge is 0.325 e. The summed E-state index contributed by atoms with van der Waals surface area (Å²) in [6.07, 6.45) is 5.91. The molecule has 2 N–H and O–H groups in total. The summed E-state index contributed by atoms with van der Waals surface area (Å²) < 4.78 is 0. The van der Waals surface area contributed by atoms with Crippen molar-refractivity contribution in [1.29, 1.82) is 0 Å². The van der Waals surface area contributed by atoms with Crippen LogP contribution in [-0.4, -0.2) is 28.4 Å². The Balaban J connectivity index is 1.59. The molecule has 0 saturated carbocycles. The number of hydrogen-bond donors (Lipinski definition) is 2. The zero-order valence-corrected chi connectivity index (χ0v) is 24.1. The van der Waals surface area contributed by atoms with Gasteiger partial charge in [0.05, 0.1) is 17.5 Å². The number of para-hydroxylation sites is 1. The lowest BCUT2D eigenvalue weighted by Crippen LogP contribution is -2.59. The number of nitrogens with zero attached hydrogens (tertiary/aromatic N) is 1. The summed E-state index contributed by atoms with van der Waals surface area (Å²) in [6.45, 7) is 7.79. The van der Waals surface area contributed by atoms with Crippen molar-refractivity contribution in [3.8, 4) is 0 Å². The minimum atomic E-state index is -1.56. The fourth-order valence-corrected chi connectivity index (χ4v) is 6.70. The molecule has 0 aromatic heterocycles. The van der Waals surface area contributed by atoms with Gasteiger partial charge in [0, 0.05) is 6.04 Å². The minimum Gasteiger partial charge on any atom is -0.480 e. The highest BCUT2D eigenvalue weighted by Gasteiger charge is 2.70. The molecule has 5 atom stereocenters. The van der Waals surface area contributed by atoms with Crippen LogP contribution in [0, 0.1) is 17.8 Å². The van der Waals surface area contributed by atoms with Crippen LogP contribution in [0.2, 0.25) is 0 Å². The van der Waals surface area contributed by atoms with Crippen LogP contribution in [-0.2, 0) is 27.2 Å². The van der Waals surface area contributed by atoms with Gasteiger partial charge in [0.2, 0.25) is 11.8 Å². The first-order valence-corrected chi connectivity index (χ1v) is 14.6. The van der Waals surface area contributed by atoms with Gasteiger partial charge in [-0.25, -0.2) is 4.90 Å². The van der Waals surface area contributed by atoms with E-state index in [2.05, 4.69) is 5.32 Å². The van der Waals surface area contributed by atoms with Crippen molar-refractivity contribution in [3.63, 3.8) is 0 Å². The van der Waals surface area contributed by atoms with Gasteiger partial charge >= 0.3 is 5.97 Å². The fourth-order valence-electron chi connectivity index (χ4n) is 6.70. The monoisotopic (exact) mass is 550 g/mol. The number of fused-ring (bicyclic) bond motifs is 1. The number of carbonyl (C=O) groups is 3. The fraction of sp³-hybridized carbons (Fsp3) is 0.343. The molecule has 2 aliphatic rings. The molecule has 0 aliphatic carbocycles. The second kappa shape index (κ2) is 11.5. The van der Waals surface area contributed by atoms with Gasteiger partial charge in [0.1, 0.15) is 5.54 Å². The van der Waals surface area contributed by atoms with E-state index in [1.54, 1.807) is 0 Å². The first-order chi connectivity index (χ1) is 19.8. The molecule has 2 fully saturated rings. The third-order valence-corrected chi connectivity index (χ3v) is 9.09. The minimum absolute atomic E-state index is 0.326. The molecule has 2 heterocycles. The standard InChI is InChI=1S/C35H38N2O4/c1-5-22(4)35(34(40)41)29-28(32(38)37(33(29)39)31-25(6-2)14-11-15-26(31)7-3)30(36-35)27-20-18-24(19-21-27)17-16-23-12-9-8-10-13-23/h8-22,28-30,36H,5-7H2,1-4H3,(H,40,41)/b17-16+. The molecule has 2 saturated heterocycles. The Bertz CT molecular complexity index is 1460. The van der Waals surface area contributed by atoms with Gasteiger partial charge in [-0.15, -0.1) is 0 Å². The Morgan fingerprint density at radius 1 is 0.878 bits per heavy atom. The average Bonchev–Trinajstić information content (AvgIpc) is 3.49. The molecule has 6 nitrogen and oxygen atoms in total. The topological polar surface area (TPSA) is 86.7 Å². The van der Waals surface area contributed by atoms with Gasteiger partial charge in [0.25, 0.3) is 0 Å². The van der Waals surface area contributed by atoms with Crippen molar-refractivity contribution in [1.82, 2.24) is 5.32 Å². The van der Waals surface area contributed by atoms with E-state index < -0.39 is 35.3 Å². The lowest BCUT2D eigenvalue weighted by Gasteiger charge is -2.36. The maximum Gasteiger partial charge on any atom is 0.325 e. The second-order valence-corrected chi connectivity index (χ2v) is 11.2. The van der Waals surface area contributed by atoms with Crippen LogP contribution in [0.25, 0.3) is 12.2 Å². The van der Waals surface area contributed by atoms with E-state index in [0.717, 1.165) is 27.8 Å². The Labute approximate surface area is 242 Å². The van der Waals surface area contributed by atoms with Crippen molar-refractivity contribution < 1.29 is 19.5 Å². The highest BCUT2D eigenvalue weighted by Crippen LogP contribution is 2.53. The summed E-state index contributed by atoms with van der Waals surface area (Å²) in [5, 5.41) is 14.1. The molecule has 2 aliphatic heterocycles. The number of hydrogen-bond acceptors (Lipinski definition) is 4. The number of imide groups is 1. The van der Waals surface area contributed by atoms with Gasteiger partial charge in [-0.1, -0.05) is 119 Å². The number of aliphatic carboxylic acids is 1. The van der Waals surface area contributed by atoms with E-state index in [9.17, 15) is 19.5 Å². The van der Waals surface area contributed by atoms with Crippen LogP contribution in [0.15, 0.2) is 72.8 Å². The predicted molar refractivity (Wildman–Crippen MR) is 162 cm³/mol. The zero-order chi connectivity index (χ0) is 29.3. The van der Waals surface area contributed by atoms with Crippen molar-refractivity contribution in [2.24, 2.45) is 17.8 Å². The summed E-state index contributed by atoms with van der Waals surface area (Å²) in [6, 6.07) is 23.0. The quantitative estimate of drug-likeness (QED) is 0.241. The van der Waals surface area contributed by atoms with Crippen molar-refractivity contribution in [3.05, 3.63) is 101 Å². The number of rotatable bonds is 9. The molecule has 0 radical (unpaired) electrons. The Kier molecular flexibility index (Phi) is 7.96. The van der Waals surface area contributed by atoms with E-state index in [1.807, 2.05) is 113 Å². The summed E-state index contributed by atoms with van der Waals surface area (Å²) in [5.41, 5.74) is 3.76. The number of carbonyl (C=O) groups excluding carboxylic acids is 2. The largest absolute Gasteiger partial charge is 0.480 e. The van der Waals surface area contributed by atoms with Crippen LogP contribution in [0.5, 0.6) is 0 Å². The SMILES string of the molecule is CCc1cccc(CC)c1N1C(=O)C2C(c3ccc(/C=C/c4ccccc4)cc3)NC(C(=O)O)(C(C)CC)C2C1=O. The van der Waals surface area contributed by atoms with Gasteiger partial charge in [-0.3, -0.25) is 19.7 Å². The zero-order valence-electron chi connectivity index (χ0n) is 24.1. The molecule has 3 aromatic rings. The highest BCUT2D eigenvalue weighted by atomic mass is 16.4. The lowest BCUT2D eigenvalue weighted by molar-refractivity contribution is -0.151. The van der Waals surface area contributed by atoms with Crippen molar-refractivity contribution in [2.45, 2.75) is 58.5 Å². The van der Waals surface area contributed by atoms with Gasteiger partial charge in [-0.2, -0.15) is 0 Å². The maximum absolute atomic E-state index is 14.3. The molecule has 0 spiro atoms. The number of benzene rings is 3. The Morgan fingerprint density at radius 2 is 1.46 bits per heavy atom. The van der Waals surface area contributed by atoms with Gasteiger partial charge in [0.15, 0.2) is 0 Å². The van der Waals surface area contributed by atoms with Crippen LogP contribution in [0.1, 0.15) is 68.0 Å². The summed E-state index contributed by atoms with van der Waals surface area (Å²) in [7, 11) is 0. The molecule has 0 bridgehead atoms. The number of carboxylic acid groups (broad SMARTS) is 1. The molecule has 41 heavy (non-hydrogen) atoms. The van der Waals surface area contributed by atoms with Crippen LogP contribution >= 0.6 is 0 Å². The lowest BCUT2D eigenvalue weighted by atomic mass is 9.72. The van der Waals surface area contributed by atoms with Crippen molar-refractivity contribution >= 4 is 35.6 Å². The second-order valence-electron chi connectivity index (χ2n) is 11.2. The molecular weight excluding hydrogens is 512 g/mol. The van der Waals surface area contributed by atoms with E-state index in [4.69, 9.17) is 0 Å². The number of amides is 2. The number of aryl methyl sites for hydroxylation is 2.